The molecule has 0 spiro atoms. The van der Waals surface area contributed by atoms with E-state index in [9.17, 15) is 0 Å². The lowest BCUT2D eigenvalue weighted by Gasteiger charge is -2.23. The molecule has 0 atom stereocenters. The summed E-state index contributed by atoms with van der Waals surface area (Å²) in [6, 6.07) is 8.26. The molecule has 1 heterocycles. The van der Waals surface area contributed by atoms with Gasteiger partial charge in [-0.25, -0.2) is 0 Å². The first-order valence-corrected chi connectivity index (χ1v) is 11.6. The van der Waals surface area contributed by atoms with Gasteiger partial charge in [-0.2, -0.15) is 11.8 Å². The van der Waals surface area contributed by atoms with E-state index >= 15 is 0 Å². The Morgan fingerprint density at radius 3 is 2.76 bits per heavy atom. The summed E-state index contributed by atoms with van der Waals surface area (Å²) in [6.45, 7) is 7.98. The molecule has 0 aliphatic heterocycles. The van der Waals surface area contributed by atoms with Gasteiger partial charge in [-0.05, 0) is 43.0 Å². The number of ether oxygens (including phenoxy) is 1. The molecule has 160 valence electrons. The van der Waals surface area contributed by atoms with E-state index in [1.54, 1.807) is 6.33 Å². The van der Waals surface area contributed by atoms with Crippen LogP contribution in [-0.2, 0) is 19.5 Å². The highest BCUT2D eigenvalue weighted by Gasteiger charge is 2.08. The number of thioether (sulfide) groups is 1. The van der Waals surface area contributed by atoms with Gasteiger partial charge in [0, 0.05) is 39.6 Å². The number of guanidine groups is 1. The Morgan fingerprint density at radius 1 is 1.28 bits per heavy atom. The van der Waals surface area contributed by atoms with Crippen LogP contribution in [0.1, 0.15) is 31.7 Å². The lowest BCUT2D eigenvalue weighted by atomic mass is 10.2. The molecule has 1 aromatic heterocycles. The number of rotatable bonds is 12. The Kier molecular flexibility index (Phi) is 10.4. The van der Waals surface area contributed by atoms with Crippen LogP contribution in [0.3, 0.4) is 0 Å². The predicted molar refractivity (Wildman–Crippen MR) is 122 cm³/mol. The van der Waals surface area contributed by atoms with Crippen molar-refractivity contribution in [3.63, 3.8) is 0 Å². The van der Waals surface area contributed by atoms with Crippen LogP contribution in [-0.4, -0.2) is 64.4 Å². The molecule has 0 fully saturated rings. The van der Waals surface area contributed by atoms with E-state index in [0.29, 0.717) is 6.61 Å². The first-order valence-electron chi connectivity index (χ1n) is 10.2. The number of benzene rings is 1. The molecule has 0 aliphatic rings. The minimum atomic E-state index is 0.683. The topological polar surface area (TPSA) is 67.6 Å². The van der Waals surface area contributed by atoms with Gasteiger partial charge >= 0.3 is 0 Å². The van der Waals surface area contributed by atoms with Crippen molar-refractivity contribution in [2.24, 2.45) is 4.99 Å². The fourth-order valence-corrected chi connectivity index (χ4v) is 3.36. The van der Waals surface area contributed by atoms with E-state index in [1.807, 2.05) is 30.8 Å². The molecule has 1 N–H and O–H groups in total. The zero-order valence-corrected chi connectivity index (χ0v) is 18.9. The third-order valence-corrected chi connectivity index (χ3v) is 5.13. The van der Waals surface area contributed by atoms with Crippen LogP contribution in [0, 0.1) is 0 Å². The fraction of sp³-hybridized carbons (Fsp3) is 0.571. The van der Waals surface area contributed by atoms with Gasteiger partial charge in [-0.3, -0.25) is 4.99 Å². The maximum absolute atomic E-state index is 5.53. The number of aryl methyl sites for hydroxylation is 1. The molecular formula is C21H34N6OS. The first-order chi connectivity index (χ1) is 14.2. The third-order valence-electron chi connectivity index (χ3n) is 4.43. The Labute approximate surface area is 179 Å². The summed E-state index contributed by atoms with van der Waals surface area (Å²) < 4.78 is 7.62. The minimum absolute atomic E-state index is 0.683. The van der Waals surface area contributed by atoms with Crippen LogP contribution in [0.2, 0.25) is 0 Å². The van der Waals surface area contributed by atoms with E-state index in [-0.39, 0.29) is 0 Å². The van der Waals surface area contributed by atoms with Gasteiger partial charge in [0.25, 0.3) is 0 Å². The smallest absolute Gasteiger partial charge is 0.194 e. The van der Waals surface area contributed by atoms with Crippen LogP contribution >= 0.6 is 11.8 Å². The second kappa shape index (κ2) is 13.1. The average molecular weight is 419 g/mol. The Balaban J connectivity index is 1.95. The number of aromatic nitrogens is 3. The highest BCUT2D eigenvalue weighted by atomic mass is 32.2. The second-order valence-corrected chi connectivity index (χ2v) is 7.69. The monoisotopic (exact) mass is 418 g/mol. The van der Waals surface area contributed by atoms with Gasteiger partial charge < -0.3 is 19.5 Å². The lowest BCUT2D eigenvalue weighted by Crippen LogP contribution is -2.40. The van der Waals surface area contributed by atoms with Gasteiger partial charge in [0.1, 0.15) is 17.9 Å². The van der Waals surface area contributed by atoms with E-state index in [0.717, 1.165) is 62.3 Å². The van der Waals surface area contributed by atoms with Gasteiger partial charge in [0.05, 0.1) is 6.61 Å². The molecule has 0 aliphatic carbocycles. The van der Waals surface area contributed by atoms with Crippen LogP contribution in [0.5, 0.6) is 5.75 Å². The van der Waals surface area contributed by atoms with Crippen LogP contribution in [0.4, 0.5) is 0 Å². The normalized spacial score (nSPS) is 11.5. The quantitative estimate of drug-likeness (QED) is 0.325. The molecule has 0 unspecified atom stereocenters. The number of hydrogen-bond acceptors (Lipinski definition) is 5. The fourth-order valence-electron chi connectivity index (χ4n) is 2.94. The number of nitrogens with one attached hydrogen (secondary N) is 1. The predicted octanol–water partition coefficient (Wildman–Crippen LogP) is 3.07. The van der Waals surface area contributed by atoms with Gasteiger partial charge in [-0.15, -0.1) is 10.2 Å². The average Bonchev–Trinajstić information content (AvgIpc) is 3.19. The molecule has 29 heavy (non-hydrogen) atoms. The summed E-state index contributed by atoms with van der Waals surface area (Å²) in [5.74, 6) is 3.96. The van der Waals surface area contributed by atoms with E-state index in [4.69, 9.17) is 9.73 Å². The largest absolute Gasteiger partial charge is 0.494 e. The molecule has 0 bridgehead atoms. The van der Waals surface area contributed by atoms with Crippen molar-refractivity contribution in [2.45, 2.75) is 39.8 Å². The first kappa shape index (κ1) is 23.1. The molecule has 8 heteroatoms. The molecule has 7 nitrogen and oxygen atoms in total. The van der Waals surface area contributed by atoms with Crippen molar-refractivity contribution >= 4 is 17.7 Å². The van der Waals surface area contributed by atoms with Crippen molar-refractivity contribution in [3.8, 4) is 5.75 Å². The highest BCUT2D eigenvalue weighted by Crippen LogP contribution is 2.13. The summed E-state index contributed by atoms with van der Waals surface area (Å²) in [4.78, 5) is 6.99. The standard InChI is InChI=1S/C21H34N6OS/c1-5-20-25-24-17-27(20)14-13-23-21(22-12-7-15-29-4)26(3)16-18-8-10-19(11-9-18)28-6-2/h8-11,17H,5-7,12-16H2,1-4H3,(H,22,23). The Bertz CT molecular complexity index is 731. The number of hydrogen-bond donors (Lipinski definition) is 1. The summed E-state index contributed by atoms with van der Waals surface area (Å²) >= 11 is 1.86. The zero-order valence-electron chi connectivity index (χ0n) is 18.1. The molecule has 0 amide bonds. The van der Waals surface area contributed by atoms with Crippen molar-refractivity contribution in [1.29, 1.82) is 0 Å². The summed E-state index contributed by atoms with van der Waals surface area (Å²) in [5, 5.41) is 11.7. The summed E-state index contributed by atoms with van der Waals surface area (Å²) in [6.07, 6.45) is 5.88. The van der Waals surface area contributed by atoms with Crippen LogP contribution in [0.25, 0.3) is 0 Å². The van der Waals surface area contributed by atoms with Crippen LogP contribution in [0.15, 0.2) is 35.6 Å². The third kappa shape index (κ3) is 7.97. The van der Waals surface area contributed by atoms with E-state index in [1.165, 1.54) is 5.56 Å². The maximum atomic E-state index is 5.53. The SMILES string of the molecule is CCOc1ccc(CN(C)C(=NCCCSC)NCCn2cnnc2CC)cc1. The molecule has 2 aromatic rings. The lowest BCUT2D eigenvalue weighted by molar-refractivity contribution is 0.340. The van der Waals surface area contributed by atoms with Crippen molar-refractivity contribution < 1.29 is 4.74 Å². The summed E-state index contributed by atoms with van der Waals surface area (Å²) in [5.41, 5.74) is 1.22. The van der Waals surface area contributed by atoms with Crippen molar-refractivity contribution in [1.82, 2.24) is 25.0 Å². The van der Waals surface area contributed by atoms with E-state index in [2.05, 4.69) is 57.3 Å². The molecule has 1 aromatic carbocycles. The van der Waals surface area contributed by atoms with Crippen molar-refractivity contribution in [3.05, 3.63) is 42.0 Å². The highest BCUT2D eigenvalue weighted by molar-refractivity contribution is 7.98. The molecule has 0 radical (unpaired) electrons. The number of aliphatic imine (C=N–C) groups is 1. The Hall–Kier alpha value is -2.22. The number of nitrogens with zero attached hydrogens (tertiary/aromatic N) is 5. The van der Waals surface area contributed by atoms with Gasteiger partial charge in [0.2, 0.25) is 0 Å². The van der Waals surface area contributed by atoms with Gasteiger partial charge in [0.15, 0.2) is 5.96 Å². The second-order valence-electron chi connectivity index (χ2n) is 6.71. The molecule has 2 rings (SSSR count). The van der Waals surface area contributed by atoms with Crippen LogP contribution < -0.4 is 10.1 Å². The van der Waals surface area contributed by atoms with E-state index < -0.39 is 0 Å². The molecule has 0 saturated carbocycles. The van der Waals surface area contributed by atoms with Gasteiger partial charge in [-0.1, -0.05) is 19.1 Å². The maximum Gasteiger partial charge on any atom is 0.194 e. The minimum Gasteiger partial charge on any atom is -0.494 e. The zero-order chi connectivity index (χ0) is 20.9. The molecule has 0 saturated heterocycles. The summed E-state index contributed by atoms with van der Waals surface area (Å²) in [7, 11) is 2.08. The molecular weight excluding hydrogens is 384 g/mol. The van der Waals surface area contributed by atoms with Crippen molar-refractivity contribution in [2.75, 3.05) is 38.8 Å². The Morgan fingerprint density at radius 2 is 2.07 bits per heavy atom.